The second-order valence-electron chi connectivity index (χ2n) is 8.09. The summed E-state index contributed by atoms with van der Waals surface area (Å²) in [7, 11) is 0.860. The molecule has 150 valence electrons. The Morgan fingerprint density at radius 2 is 1.21 bits per heavy atom. The van der Waals surface area contributed by atoms with Gasteiger partial charge < -0.3 is 9.05 Å². The molecule has 0 amide bonds. The molecule has 0 fully saturated rings. The Labute approximate surface area is 175 Å². The molecule has 0 radical (unpaired) electrons. The van der Waals surface area contributed by atoms with Gasteiger partial charge in [0.15, 0.2) is 0 Å². The van der Waals surface area contributed by atoms with Crippen molar-refractivity contribution in [3.63, 3.8) is 0 Å². The molecule has 0 bridgehead atoms. The van der Waals surface area contributed by atoms with Gasteiger partial charge in [0.05, 0.1) is 5.30 Å². The van der Waals surface area contributed by atoms with E-state index in [1.807, 2.05) is 18.2 Å². The Morgan fingerprint density at radius 1 is 0.724 bits per heavy atom. The SMILES string of the molecule is Cc1cc(C)c2c(c1)CN(C)Cc1cc(C)cc(C)c1OP(c1ccccc1)O2. The lowest BCUT2D eigenvalue weighted by atomic mass is 10.0. The van der Waals surface area contributed by atoms with Gasteiger partial charge in [-0.2, -0.15) is 0 Å². The van der Waals surface area contributed by atoms with E-state index in [1.54, 1.807) is 0 Å². The summed E-state index contributed by atoms with van der Waals surface area (Å²) in [5, 5.41) is 1.08. The van der Waals surface area contributed by atoms with E-state index < -0.39 is 8.38 Å². The first-order valence-corrected chi connectivity index (χ1v) is 11.2. The Bertz CT molecular complexity index is 969. The molecule has 1 heterocycles. The van der Waals surface area contributed by atoms with E-state index in [-0.39, 0.29) is 0 Å². The van der Waals surface area contributed by atoms with Crippen LogP contribution in [0.25, 0.3) is 0 Å². The van der Waals surface area contributed by atoms with Crippen LogP contribution in [-0.4, -0.2) is 11.9 Å². The third-order valence-corrected chi connectivity index (χ3v) is 6.60. The van der Waals surface area contributed by atoms with Crippen LogP contribution in [0.2, 0.25) is 0 Å². The van der Waals surface area contributed by atoms with Crippen LogP contribution in [0.1, 0.15) is 33.4 Å². The van der Waals surface area contributed by atoms with Crippen LogP contribution >= 0.6 is 8.38 Å². The number of hydrogen-bond donors (Lipinski definition) is 0. The molecular weight excluding hydrogens is 377 g/mol. The molecule has 29 heavy (non-hydrogen) atoms. The standard InChI is InChI=1S/C25H28NO2P/c1-17-11-19(3)24-21(13-17)15-26(5)16-22-14-18(2)12-20(4)25(22)28-29(27-24)23-9-7-6-8-10-23/h6-14H,15-16H2,1-5H3. The Balaban J connectivity index is 1.87. The lowest BCUT2D eigenvalue weighted by molar-refractivity contribution is 0.308. The molecule has 1 aliphatic heterocycles. The van der Waals surface area contributed by atoms with Crippen molar-refractivity contribution >= 4 is 13.7 Å². The second kappa shape index (κ2) is 8.18. The lowest BCUT2D eigenvalue weighted by Crippen LogP contribution is -2.21. The molecule has 0 atom stereocenters. The van der Waals surface area contributed by atoms with E-state index >= 15 is 0 Å². The van der Waals surface area contributed by atoms with E-state index in [4.69, 9.17) is 9.05 Å². The lowest BCUT2D eigenvalue weighted by Gasteiger charge is -2.28. The fraction of sp³-hybridized carbons (Fsp3) is 0.280. The van der Waals surface area contributed by atoms with E-state index in [9.17, 15) is 0 Å². The van der Waals surface area contributed by atoms with Gasteiger partial charge in [-0.05, 0) is 58.0 Å². The average Bonchev–Trinajstić information content (AvgIpc) is 2.65. The van der Waals surface area contributed by atoms with Crippen LogP contribution in [0, 0.1) is 27.7 Å². The van der Waals surface area contributed by atoms with E-state index in [0.29, 0.717) is 0 Å². The Kier molecular flexibility index (Phi) is 5.63. The average molecular weight is 405 g/mol. The van der Waals surface area contributed by atoms with Gasteiger partial charge in [0, 0.05) is 24.2 Å². The maximum atomic E-state index is 6.65. The maximum absolute atomic E-state index is 6.65. The van der Waals surface area contributed by atoms with Crippen molar-refractivity contribution in [2.24, 2.45) is 0 Å². The molecule has 4 rings (SSSR count). The van der Waals surface area contributed by atoms with Gasteiger partial charge in [0.2, 0.25) is 0 Å². The summed E-state index contributed by atoms with van der Waals surface area (Å²) < 4.78 is 13.3. The van der Waals surface area contributed by atoms with Crippen molar-refractivity contribution < 1.29 is 9.05 Å². The number of nitrogens with zero attached hydrogens (tertiary/aromatic N) is 1. The van der Waals surface area contributed by atoms with Crippen molar-refractivity contribution in [1.29, 1.82) is 0 Å². The predicted molar refractivity (Wildman–Crippen MR) is 121 cm³/mol. The molecule has 0 unspecified atom stereocenters. The van der Waals surface area contributed by atoms with Crippen LogP contribution in [0.3, 0.4) is 0 Å². The molecule has 1 aliphatic rings. The van der Waals surface area contributed by atoms with Crippen molar-refractivity contribution in [2.45, 2.75) is 40.8 Å². The van der Waals surface area contributed by atoms with E-state index in [0.717, 1.165) is 41.0 Å². The topological polar surface area (TPSA) is 21.7 Å². The molecule has 3 aromatic rings. The van der Waals surface area contributed by atoms with Crippen molar-refractivity contribution in [3.8, 4) is 11.5 Å². The molecule has 0 aliphatic carbocycles. The van der Waals surface area contributed by atoms with Gasteiger partial charge in [-0.15, -0.1) is 0 Å². The minimum absolute atomic E-state index is 0.836. The molecular formula is C25H28NO2P. The highest BCUT2D eigenvalue weighted by Gasteiger charge is 2.25. The van der Waals surface area contributed by atoms with Crippen LogP contribution in [0.4, 0.5) is 0 Å². The number of rotatable bonds is 1. The zero-order valence-corrected chi connectivity index (χ0v) is 18.7. The fourth-order valence-electron chi connectivity index (χ4n) is 4.06. The van der Waals surface area contributed by atoms with Gasteiger partial charge >= 0.3 is 8.38 Å². The quantitative estimate of drug-likeness (QED) is 0.466. The fourth-order valence-corrected chi connectivity index (χ4v) is 5.58. The minimum Gasteiger partial charge on any atom is -0.435 e. The first-order chi connectivity index (χ1) is 13.9. The molecule has 0 aromatic heterocycles. The molecule has 0 saturated heterocycles. The summed E-state index contributed by atoms with van der Waals surface area (Å²) in [6.45, 7) is 10.2. The van der Waals surface area contributed by atoms with Crippen molar-refractivity contribution in [2.75, 3.05) is 7.05 Å². The monoisotopic (exact) mass is 405 g/mol. The Hall–Kier alpha value is -2.35. The summed E-state index contributed by atoms with van der Waals surface area (Å²) in [4.78, 5) is 2.33. The highest BCUT2D eigenvalue weighted by Crippen LogP contribution is 2.45. The third kappa shape index (κ3) is 4.32. The van der Waals surface area contributed by atoms with Crippen LogP contribution in [-0.2, 0) is 13.1 Å². The number of benzene rings is 3. The number of hydrogen-bond acceptors (Lipinski definition) is 3. The normalized spacial score (nSPS) is 15.1. The van der Waals surface area contributed by atoms with Crippen LogP contribution < -0.4 is 14.4 Å². The predicted octanol–water partition coefficient (Wildman–Crippen LogP) is 5.96. The van der Waals surface area contributed by atoms with Gasteiger partial charge in [0.25, 0.3) is 0 Å². The maximum Gasteiger partial charge on any atom is 0.326 e. The van der Waals surface area contributed by atoms with Gasteiger partial charge in [0.1, 0.15) is 11.5 Å². The summed E-state index contributed by atoms with van der Waals surface area (Å²) >= 11 is 0. The smallest absolute Gasteiger partial charge is 0.326 e. The van der Waals surface area contributed by atoms with Gasteiger partial charge in [-0.1, -0.05) is 53.6 Å². The molecule has 0 N–H and O–H groups in total. The summed E-state index contributed by atoms with van der Waals surface area (Å²) in [6.07, 6.45) is 0. The van der Waals surface area contributed by atoms with Crippen LogP contribution in [0.5, 0.6) is 11.5 Å². The molecule has 3 aromatic carbocycles. The number of aryl methyl sites for hydroxylation is 4. The highest BCUT2D eigenvalue weighted by molar-refractivity contribution is 7.56. The van der Waals surface area contributed by atoms with E-state index in [2.05, 4.69) is 76.0 Å². The first kappa shape index (κ1) is 19.9. The third-order valence-electron chi connectivity index (χ3n) is 5.19. The van der Waals surface area contributed by atoms with Crippen molar-refractivity contribution in [1.82, 2.24) is 4.90 Å². The largest absolute Gasteiger partial charge is 0.435 e. The van der Waals surface area contributed by atoms with Crippen LogP contribution in [0.15, 0.2) is 54.6 Å². The van der Waals surface area contributed by atoms with Crippen molar-refractivity contribution in [3.05, 3.63) is 88.0 Å². The Morgan fingerprint density at radius 3 is 1.69 bits per heavy atom. The number of fused-ring (bicyclic) bond motifs is 2. The molecule has 0 spiro atoms. The first-order valence-electron chi connectivity index (χ1n) is 10.0. The zero-order chi connectivity index (χ0) is 20.5. The van der Waals surface area contributed by atoms with Gasteiger partial charge in [-0.25, -0.2) is 0 Å². The molecule has 3 nitrogen and oxygen atoms in total. The minimum atomic E-state index is -1.30. The second-order valence-corrected chi connectivity index (χ2v) is 9.48. The molecule has 4 heteroatoms. The van der Waals surface area contributed by atoms with E-state index in [1.165, 1.54) is 22.3 Å². The summed E-state index contributed by atoms with van der Waals surface area (Å²) in [5.74, 6) is 1.90. The summed E-state index contributed by atoms with van der Waals surface area (Å²) in [5.41, 5.74) is 7.25. The molecule has 0 saturated carbocycles. The highest BCUT2D eigenvalue weighted by atomic mass is 31.2. The zero-order valence-electron chi connectivity index (χ0n) is 17.8. The van der Waals surface area contributed by atoms with Gasteiger partial charge in [-0.3, -0.25) is 4.90 Å². The summed E-state index contributed by atoms with van der Waals surface area (Å²) in [6, 6.07) is 19.2.